The number of para-hydroxylation sites is 1. The minimum atomic E-state index is -0.443. The van der Waals surface area contributed by atoms with Gasteiger partial charge in [-0.3, -0.25) is 0 Å². The van der Waals surface area contributed by atoms with Crippen LogP contribution in [0.2, 0.25) is 0 Å². The Balaban J connectivity index is 2.86. The largest absolute Gasteiger partial charge is 0.493 e. The first-order chi connectivity index (χ1) is 9.24. The number of hydrogen-bond donors (Lipinski definition) is 1. The second-order valence-corrected chi connectivity index (χ2v) is 4.19. The van der Waals surface area contributed by atoms with Gasteiger partial charge in [-0.1, -0.05) is 25.1 Å². The van der Waals surface area contributed by atoms with E-state index in [9.17, 15) is 0 Å². The maximum absolute atomic E-state index is 6.25. The van der Waals surface area contributed by atoms with Gasteiger partial charge in [-0.05, 0) is 26.3 Å². The van der Waals surface area contributed by atoms with Crippen LogP contribution in [0.25, 0.3) is 0 Å². The van der Waals surface area contributed by atoms with E-state index in [1.165, 1.54) is 0 Å². The summed E-state index contributed by atoms with van der Waals surface area (Å²) in [5, 5.41) is 0. The maximum Gasteiger partial charge on any atom is 0.176 e. The summed E-state index contributed by atoms with van der Waals surface area (Å²) in [6, 6.07) is 7.43. The first kappa shape index (κ1) is 16.0. The van der Waals surface area contributed by atoms with Gasteiger partial charge in [-0.2, -0.15) is 0 Å². The van der Waals surface area contributed by atoms with Crippen LogP contribution in [0, 0.1) is 0 Å². The van der Waals surface area contributed by atoms with Gasteiger partial charge in [-0.15, -0.1) is 0 Å². The topological polar surface area (TPSA) is 53.7 Å². The highest BCUT2D eigenvalue weighted by molar-refractivity contribution is 5.36. The Hall–Kier alpha value is -1.10. The second kappa shape index (κ2) is 8.91. The molecule has 0 spiro atoms. The molecular weight excluding hydrogens is 242 g/mol. The fraction of sp³-hybridized carbons (Fsp3) is 0.600. The molecule has 1 aromatic rings. The third kappa shape index (κ3) is 4.82. The van der Waals surface area contributed by atoms with Crippen molar-refractivity contribution in [3.63, 3.8) is 0 Å². The summed E-state index contributed by atoms with van der Waals surface area (Å²) in [7, 11) is 0. The standard InChI is InChI=1S/C15H25NO3/c1-4-11-19-13-10-8-7-9-12(13)14(16)15(17-5-2)18-6-3/h7-10,14-15H,4-6,11,16H2,1-3H3. The number of hydrogen-bond acceptors (Lipinski definition) is 4. The van der Waals surface area contributed by atoms with E-state index >= 15 is 0 Å². The van der Waals surface area contributed by atoms with E-state index in [1.807, 2.05) is 38.1 Å². The van der Waals surface area contributed by atoms with E-state index in [0.717, 1.165) is 17.7 Å². The zero-order valence-electron chi connectivity index (χ0n) is 12.1. The number of nitrogens with two attached hydrogens (primary N) is 1. The highest BCUT2D eigenvalue weighted by atomic mass is 16.7. The zero-order chi connectivity index (χ0) is 14.1. The van der Waals surface area contributed by atoms with Crippen LogP contribution in [0.1, 0.15) is 38.8 Å². The molecule has 0 amide bonds. The SMILES string of the molecule is CCCOc1ccccc1C(N)C(OCC)OCC. The van der Waals surface area contributed by atoms with Crippen LogP contribution in [0.5, 0.6) is 5.75 Å². The van der Waals surface area contributed by atoms with E-state index in [-0.39, 0.29) is 6.04 Å². The molecular formula is C15H25NO3. The summed E-state index contributed by atoms with van der Waals surface area (Å²) < 4.78 is 16.8. The summed E-state index contributed by atoms with van der Waals surface area (Å²) in [5.41, 5.74) is 7.17. The summed E-state index contributed by atoms with van der Waals surface area (Å²) in [6.45, 7) is 7.74. The summed E-state index contributed by atoms with van der Waals surface area (Å²) in [5.74, 6) is 0.807. The molecule has 4 heteroatoms. The van der Waals surface area contributed by atoms with Crippen LogP contribution in [0.3, 0.4) is 0 Å². The third-order valence-electron chi connectivity index (χ3n) is 2.69. The smallest absolute Gasteiger partial charge is 0.176 e. The van der Waals surface area contributed by atoms with Gasteiger partial charge in [-0.25, -0.2) is 0 Å². The molecule has 0 aromatic heterocycles. The van der Waals surface area contributed by atoms with Crippen LogP contribution in [0.15, 0.2) is 24.3 Å². The van der Waals surface area contributed by atoms with Crippen molar-refractivity contribution >= 4 is 0 Å². The summed E-state index contributed by atoms with van der Waals surface area (Å²) in [6.07, 6.45) is 0.519. The Morgan fingerprint density at radius 3 is 2.26 bits per heavy atom. The zero-order valence-corrected chi connectivity index (χ0v) is 12.1. The van der Waals surface area contributed by atoms with Crippen LogP contribution < -0.4 is 10.5 Å². The van der Waals surface area contributed by atoms with Crippen LogP contribution in [0.4, 0.5) is 0 Å². The van der Waals surface area contributed by atoms with Crippen LogP contribution in [-0.2, 0) is 9.47 Å². The molecule has 1 rings (SSSR count). The van der Waals surface area contributed by atoms with Gasteiger partial charge >= 0.3 is 0 Å². The summed E-state index contributed by atoms with van der Waals surface area (Å²) in [4.78, 5) is 0. The molecule has 0 aliphatic carbocycles. The van der Waals surface area contributed by atoms with Crippen molar-refractivity contribution in [3.05, 3.63) is 29.8 Å². The Morgan fingerprint density at radius 2 is 1.68 bits per heavy atom. The molecule has 1 atom stereocenters. The Morgan fingerprint density at radius 1 is 1.05 bits per heavy atom. The average molecular weight is 267 g/mol. The first-order valence-corrected chi connectivity index (χ1v) is 6.95. The second-order valence-electron chi connectivity index (χ2n) is 4.19. The van der Waals surface area contributed by atoms with Crippen molar-refractivity contribution in [1.82, 2.24) is 0 Å². The quantitative estimate of drug-likeness (QED) is 0.699. The molecule has 0 radical (unpaired) electrons. The molecule has 0 saturated heterocycles. The van der Waals surface area contributed by atoms with Gasteiger partial charge in [0.25, 0.3) is 0 Å². The van der Waals surface area contributed by atoms with Crippen molar-refractivity contribution in [2.24, 2.45) is 5.73 Å². The van der Waals surface area contributed by atoms with Gasteiger partial charge in [0.05, 0.1) is 12.6 Å². The molecule has 1 aromatic carbocycles. The minimum absolute atomic E-state index is 0.354. The predicted octanol–water partition coefficient (Wildman–Crippen LogP) is 2.87. The molecule has 1 unspecified atom stereocenters. The van der Waals surface area contributed by atoms with Crippen molar-refractivity contribution in [3.8, 4) is 5.75 Å². The third-order valence-corrected chi connectivity index (χ3v) is 2.69. The fourth-order valence-corrected chi connectivity index (χ4v) is 1.83. The van der Waals surface area contributed by atoms with Crippen molar-refractivity contribution in [1.29, 1.82) is 0 Å². The monoisotopic (exact) mass is 267 g/mol. The molecule has 0 fully saturated rings. The lowest BCUT2D eigenvalue weighted by atomic mass is 10.1. The highest BCUT2D eigenvalue weighted by Crippen LogP contribution is 2.27. The molecule has 0 aliphatic heterocycles. The molecule has 108 valence electrons. The predicted molar refractivity (Wildman–Crippen MR) is 76.2 cm³/mol. The van der Waals surface area contributed by atoms with Crippen molar-refractivity contribution in [2.75, 3.05) is 19.8 Å². The Labute approximate surface area is 115 Å². The van der Waals surface area contributed by atoms with Crippen molar-refractivity contribution < 1.29 is 14.2 Å². The van der Waals surface area contributed by atoms with Crippen LogP contribution >= 0.6 is 0 Å². The lowest BCUT2D eigenvalue weighted by Crippen LogP contribution is -2.32. The van der Waals surface area contributed by atoms with Gasteiger partial charge in [0.1, 0.15) is 5.75 Å². The number of benzene rings is 1. The van der Waals surface area contributed by atoms with E-state index < -0.39 is 6.29 Å². The number of ether oxygens (including phenoxy) is 3. The first-order valence-electron chi connectivity index (χ1n) is 6.95. The normalized spacial score (nSPS) is 12.7. The average Bonchev–Trinajstić information content (AvgIpc) is 2.44. The van der Waals surface area contributed by atoms with E-state index in [2.05, 4.69) is 6.92 Å². The fourth-order valence-electron chi connectivity index (χ4n) is 1.83. The molecule has 0 bridgehead atoms. The van der Waals surface area contributed by atoms with E-state index in [4.69, 9.17) is 19.9 Å². The van der Waals surface area contributed by atoms with Gasteiger partial charge in [0.15, 0.2) is 6.29 Å². The summed E-state index contributed by atoms with van der Waals surface area (Å²) >= 11 is 0. The molecule has 0 aliphatic rings. The molecule has 0 heterocycles. The van der Waals surface area contributed by atoms with Gasteiger partial charge in [0, 0.05) is 18.8 Å². The lowest BCUT2D eigenvalue weighted by Gasteiger charge is -2.25. The Kier molecular flexibility index (Phi) is 7.48. The highest BCUT2D eigenvalue weighted by Gasteiger charge is 2.23. The molecule has 0 saturated carbocycles. The van der Waals surface area contributed by atoms with E-state index in [0.29, 0.717) is 19.8 Å². The van der Waals surface area contributed by atoms with Gasteiger partial charge < -0.3 is 19.9 Å². The molecule has 2 N–H and O–H groups in total. The van der Waals surface area contributed by atoms with Crippen LogP contribution in [-0.4, -0.2) is 26.1 Å². The molecule has 4 nitrogen and oxygen atoms in total. The minimum Gasteiger partial charge on any atom is -0.493 e. The lowest BCUT2D eigenvalue weighted by molar-refractivity contribution is -0.149. The van der Waals surface area contributed by atoms with Gasteiger partial charge in [0.2, 0.25) is 0 Å². The molecule has 19 heavy (non-hydrogen) atoms. The Bertz CT molecular complexity index is 351. The van der Waals surface area contributed by atoms with E-state index in [1.54, 1.807) is 0 Å². The maximum atomic E-state index is 6.25. The number of rotatable bonds is 9. The van der Waals surface area contributed by atoms with Crippen molar-refractivity contribution in [2.45, 2.75) is 39.5 Å².